The number of hydrogen-bond donors (Lipinski definition) is 2. The number of anilines is 1. The molecule has 1 aromatic carbocycles. The predicted octanol–water partition coefficient (Wildman–Crippen LogP) is 0.578. The lowest BCUT2D eigenvalue weighted by Crippen LogP contribution is -2.24. The number of nitrogens with one attached hydrogen (secondary N) is 1. The highest BCUT2D eigenvalue weighted by Gasteiger charge is 2.16. The van der Waals surface area contributed by atoms with Gasteiger partial charge in [0.25, 0.3) is 0 Å². The molecule has 9 heteroatoms. The van der Waals surface area contributed by atoms with Gasteiger partial charge in [-0.25, -0.2) is 17.5 Å². The second kappa shape index (κ2) is 4.94. The predicted molar refractivity (Wildman–Crippen MR) is 63.9 cm³/mol. The van der Waals surface area contributed by atoms with Gasteiger partial charge in [-0.15, -0.1) is 0 Å². The Bertz CT molecular complexity index is 699. The number of sulfonamides is 1. The molecule has 19 heavy (non-hydrogen) atoms. The first-order valence-electron chi connectivity index (χ1n) is 5.22. The summed E-state index contributed by atoms with van der Waals surface area (Å²) in [6.45, 7) is 1.46. The molecule has 0 saturated carbocycles. The van der Waals surface area contributed by atoms with Crippen LogP contribution in [0, 0.1) is 12.7 Å². The largest absolute Gasteiger partial charge is 0.396 e. The minimum absolute atomic E-state index is 0.128. The maximum absolute atomic E-state index is 13.0. The van der Waals surface area contributed by atoms with Gasteiger partial charge in [0.05, 0.1) is 17.1 Å². The van der Waals surface area contributed by atoms with Crippen molar-refractivity contribution in [2.75, 3.05) is 5.73 Å². The minimum atomic E-state index is -3.81. The zero-order chi connectivity index (χ0) is 14.0. The van der Waals surface area contributed by atoms with Crippen molar-refractivity contribution >= 4 is 15.7 Å². The second-order valence-corrected chi connectivity index (χ2v) is 5.50. The van der Waals surface area contributed by atoms with Crippen LogP contribution in [0.4, 0.5) is 10.1 Å². The smallest absolute Gasteiger partial charge is 0.241 e. The Hall–Kier alpha value is -2.00. The lowest BCUT2D eigenvalue weighted by atomic mass is 10.3. The van der Waals surface area contributed by atoms with Crippen molar-refractivity contribution in [2.45, 2.75) is 18.4 Å². The Morgan fingerprint density at radius 2 is 2.21 bits per heavy atom. The van der Waals surface area contributed by atoms with Crippen LogP contribution in [0.3, 0.4) is 0 Å². The third-order valence-corrected chi connectivity index (χ3v) is 3.67. The number of nitrogen functional groups attached to an aromatic ring is 1. The SMILES string of the molecule is Cc1nc(CNS(=O)(=O)c2ccc(F)c(N)c2)no1. The first-order valence-corrected chi connectivity index (χ1v) is 6.71. The Labute approximate surface area is 108 Å². The highest BCUT2D eigenvalue weighted by atomic mass is 32.2. The van der Waals surface area contributed by atoms with E-state index in [2.05, 4.69) is 14.9 Å². The Morgan fingerprint density at radius 1 is 1.47 bits per heavy atom. The molecule has 0 saturated heterocycles. The van der Waals surface area contributed by atoms with Gasteiger partial charge in [0.1, 0.15) is 5.82 Å². The summed E-state index contributed by atoms with van der Waals surface area (Å²) in [5.41, 5.74) is 5.08. The van der Waals surface area contributed by atoms with E-state index in [9.17, 15) is 12.8 Å². The van der Waals surface area contributed by atoms with Crippen molar-refractivity contribution in [3.63, 3.8) is 0 Å². The van der Waals surface area contributed by atoms with Crippen LogP contribution in [0.5, 0.6) is 0 Å². The summed E-state index contributed by atoms with van der Waals surface area (Å²) in [6.07, 6.45) is 0. The van der Waals surface area contributed by atoms with Crippen molar-refractivity contribution in [1.29, 1.82) is 0 Å². The summed E-state index contributed by atoms with van der Waals surface area (Å²) in [6, 6.07) is 3.15. The fraction of sp³-hybridized carbons (Fsp3) is 0.200. The molecule has 0 atom stereocenters. The van der Waals surface area contributed by atoms with Crippen LogP contribution >= 0.6 is 0 Å². The summed E-state index contributed by atoms with van der Waals surface area (Å²) in [5, 5.41) is 3.55. The molecule has 0 unspecified atom stereocenters. The summed E-state index contributed by atoms with van der Waals surface area (Å²) in [7, 11) is -3.81. The van der Waals surface area contributed by atoms with Crippen LogP contribution in [-0.4, -0.2) is 18.6 Å². The second-order valence-electron chi connectivity index (χ2n) is 3.74. The van der Waals surface area contributed by atoms with Crippen molar-refractivity contribution in [3.8, 4) is 0 Å². The lowest BCUT2D eigenvalue weighted by molar-refractivity contribution is 0.387. The summed E-state index contributed by atoms with van der Waals surface area (Å²) in [4.78, 5) is 3.72. The van der Waals surface area contributed by atoms with Crippen molar-refractivity contribution < 1.29 is 17.3 Å². The molecule has 0 spiro atoms. The van der Waals surface area contributed by atoms with Gasteiger partial charge in [-0.2, -0.15) is 4.98 Å². The van der Waals surface area contributed by atoms with Crippen LogP contribution in [-0.2, 0) is 16.6 Å². The Balaban J connectivity index is 2.16. The van der Waals surface area contributed by atoms with E-state index in [1.165, 1.54) is 0 Å². The maximum atomic E-state index is 13.0. The summed E-state index contributed by atoms with van der Waals surface area (Å²) in [5.74, 6) is -0.135. The average molecular weight is 286 g/mol. The van der Waals surface area contributed by atoms with Gasteiger partial charge < -0.3 is 10.3 Å². The molecule has 1 heterocycles. The number of halogens is 1. The molecule has 0 radical (unpaired) electrons. The molecule has 0 fully saturated rings. The quantitative estimate of drug-likeness (QED) is 0.795. The standard InChI is InChI=1S/C10H11FN4O3S/c1-6-14-10(15-18-6)5-13-19(16,17)7-2-3-8(11)9(12)4-7/h2-4,13H,5,12H2,1H3. The number of hydrogen-bond acceptors (Lipinski definition) is 6. The van der Waals surface area contributed by atoms with Crippen molar-refractivity contribution in [3.05, 3.63) is 35.7 Å². The first kappa shape index (κ1) is 13.4. The normalized spacial score (nSPS) is 11.7. The molecular weight excluding hydrogens is 275 g/mol. The zero-order valence-corrected chi connectivity index (χ0v) is 10.7. The molecule has 1 aromatic heterocycles. The lowest BCUT2D eigenvalue weighted by Gasteiger charge is -2.05. The van der Waals surface area contributed by atoms with Gasteiger partial charge in [0.2, 0.25) is 15.9 Å². The third kappa shape index (κ3) is 3.06. The highest BCUT2D eigenvalue weighted by molar-refractivity contribution is 7.89. The molecule has 3 N–H and O–H groups in total. The average Bonchev–Trinajstić information content (AvgIpc) is 2.76. The molecule has 2 aromatic rings. The third-order valence-electron chi connectivity index (χ3n) is 2.27. The van der Waals surface area contributed by atoms with Crippen LogP contribution in [0.1, 0.15) is 11.7 Å². The fourth-order valence-electron chi connectivity index (χ4n) is 1.35. The highest BCUT2D eigenvalue weighted by Crippen LogP contribution is 2.16. The maximum Gasteiger partial charge on any atom is 0.241 e. The van der Waals surface area contributed by atoms with Gasteiger partial charge >= 0.3 is 0 Å². The van der Waals surface area contributed by atoms with Crippen molar-refractivity contribution in [2.24, 2.45) is 0 Å². The summed E-state index contributed by atoms with van der Waals surface area (Å²) < 4.78 is 43.7. The molecular formula is C10H11FN4O3S. The van der Waals surface area contributed by atoms with Crippen LogP contribution in [0.2, 0.25) is 0 Å². The molecule has 0 aliphatic heterocycles. The zero-order valence-electron chi connectivity index (χ0n) is 9.92. The number of nitrogens with zero attached hydrogens (tertiary/aromatic N) is 2. The number of rotatable bonds is 4. The number of benzene rings is 1. The summed E-state index contributed by atoms with van der Waals surface area (Å²) >= 11 is 0. The van der Waals surface area contributed by atoms with Crippen LogP contribution < -0.4 is 10.5 Å². The monoisotopic (exact) mass is 286 g/mol. The van der Waals surface area contributed by atoms with Crippen molar-refractivity contribution in [1.82, 2.24) is 14.9 Å². The van der Waals surface area contributed by atoms with Gasteiger partial charge in [-0.1, -0.05) is 5.16 Å². The Morgan fingerprint density at radius 3 is 2.79 bits per heavy atom. The Kier molecular flexibility index (Phi) is 3.49. The van der Waals surface area contributed by atoms with E-state index in [1.54, 1.807) is 6.92 Å². The fourth-order valence-corrected chi connectivity index (χ4v) is 2.36. The molecule has 0 bridgehead atoms. The van der Waals surface area contributed by atoms with E-state index < -0.39 is 15.8 Å². The number of aromatic nitrogens is 2. The minimum Gasteiger partial charge on any atom is -0.396 e. The molecule has 102 valence electrons. The van der Waals surface area contributed by atoms with Crippen LogP contribution in [0.15, 0.2) is 27.6 Å². The van der Waals surface area contributed by atoms with E-state index in [1.807, 2.05) is 0 Å². The number of nitrogens with two attached hydrogens (primary N) is 1. The molecule has 0 aliphatic rings. The van der Waals surface area contributed by atoms with E-state index >= 15 is 0 Å². The van der Waals surface area contributed by atoms with Gasteiger partial charge in [0.15, 0.2) is 5.82 Å². The van der Waals surface area contributed by atoms with E-state index in [-0.39, 0.29) is 23.0 Å². The molecule has 0 amide bonds. The van der Waals surface area contributed by atoms with Gasteiger partial charge in [-0.05, 0) is 18.2 Å². The molecule has 2 rings (SSSR count). The van der Waals surface area contributed by atoms with Gasteiger partial charge in [-0.3, -0.25) is 0 Å². The van der Waals surface area contributed by atoms with E-state index in [0.29, 0.717) is 5.89 Å². The van der Waals surface area contributed by atoms with Crippen LogP contribution in [0.25, 0.3) is 0 Å². The van der Waals surface area contributed by atoms with Gasteiger partial charge in [0, 0.05) is 6.92 Å². The van der Waals surface area contributed by atoms with E-state index in [0.717, 1.165) is 18.2 Å². The number of aryl methyl sites for hydroxylation is 1. The molecule has 0 aliphatic carbocycles. The topological polar surface area (TPSA) is 111 Å². The van der Waals surface area contributed by atoms with E-state index in [4.69, 9.17) is 10.3 Å². The first-order chi connectivity index (χ1) is 8.88. The molecule has 7 nitrogen and oxygen atoms in total.